The van der Waals surface area contributed by atoms with Crippen molar-refractivity contribution < 1.29 is 14.6 Å². The van der Waals surface area contributed by atoms with Crippen molar-refractivity contribution in [1.82, 2.24) is 0 Å². The van der Waals surface area contributed by atoms with E-state index in [1.807, 2.05) is 0 Å². The number of esters is 1. The molecule has 14 atom stereocenters. The first-order chi connectivity index (χ1) is 12.1. The fraction of sp³-hybridized carbons (Fsp3) is 0.955. The van der Waals surface area contributed by atoms with Gasteiger partial charge in [0.1, 0.15) is 5.41 Å². The molecule has 1 N–H and O–H groups in total. The van der Waals surface area contributed by atoms with E-state index >= 15 is 0 Å². The third-order valence-corrected chi connectivity index (χ3v) is 12.2. The van der Waals surface area contributed by atoms with E-state index in [0.29, 0.717) is 35.5 Å². The number of hydrogen-bond acceptors (Lipinski definition) is 3. The van der Waals surface area contributed by atoms with E-state index in [2.05, 4.69) is 6.92 Å². The average Bonchev–Trinajstić information content (AvgIpc) is 3.34. The van der Waals surface area contributed by atoms with Gasteiger partial charge in [0.2, 0.25) is 0 Å². The lowest BCUT2D eigenvalue weighted by molar-refractivity contribution is -0.262. The topological polar surface area (TPSA) is 46.5 Å². The van der Waals surface area contributed by atoms with Crippen molar-refractivity contribution in [3.63, 3.8) is 0 Å². The summed E-state index contributed by atoms with van der Waals surface area (Å²) >= 11 is 0. The number of aliphatic hydroxyl groups is 1. The van der Waals surface area contributed by atoms with Crippen LogP contribution in [-0.2, 0) is 9.53 Å². The van der Waals surface area contributed by atoms with Crippen molar-refractivity contribution in [2.24, 2.45) is 75.9 Å². The molecule has 9 bridgehead atoms. The monoisotopic (exact) mass is 340 g/mol. The highest BCUT2D eigenvalue weighted by atomic mass is 16.5. The van der Waals surface area contributed by atoms with E-state index in [9.17, 15) is 9.90 Å². The SMILES string of the molecule is COC(=O)[C@]12[C@@H]3[C@H]4CCC[C@H]4[C@H]4[C@H]3[C@@H]3[C@@H]5[C@@H]6[C@@H](CC[C@H]6[C@]1(O)[C@@]54C)[C@@H]32. The van der Waals surface area contributed by atoms with Crippen molar-refractivity contribution in [3.05, 3.63) is 0 Å². The molecule has 0 radical (unpaired) electrons. The summed E-state index contributed by atoms with van der Waals surface area (Å²) < 4.78 is 5.56. The van der Waals surface area contributed by atoms with Gasteiger partial charge in [-0.15, -0.1) is 0 Å². The molecule has 9 aliphatic rings. The van der Waals surface area contributed by atoms with E-state index in [4.69, 9.17) is 4.74 Å². The lowest BCUT2D eigenvalue weighted by Crippen LogP contribution is -2.72. The minimum atomic E-state index is -0.761. The molecule has 9 saturated carbocycles. The van der Waals surface area contributed by atoms with E-state index in [1.54, 1.807) is 7.11 Å². The van der Waals surface area contributed by atoms with Gasteiger partial charge >= 0.3 is 5.97 Å². The van der Waals surface area contributed by atoms with Crippen LogP contribution in [0.3, 0.4) is 0 Å². The summed E-state index contributed by atoms with van der Waals surface area (Å²) in [4.78, 5) is 13.6. The van der Waals surface area contributed by atoms with Gasteiger partial charge in [-0.2, -0.15) is 0 Å². The molecule has 9 fully saturated rings. The zero-order chi connectivity index (χ0) is 16.7. The maximum atomic E-state index is 13.6. The number of rotatable bonds is 1. The molecule has 9 rings (SSSR count). The Morgan fingerprint density at radius 2 is 1.60 bits per heavy atom. The van der Waals surface area contributed by atoms with Crippen LogP contribution in [0.1, 0.15) is 39.0 Å². The van der Waals surface area contributed by atoms with Gasteiger partial charge in [-0.1, -0.05) is 13.3 Å². The van der Waals surface area contributed by atoms with E-state index in [0.717, 1.165) is 29.6 Å². The molecule has 0 spiro atoms. The summed E-state index contributed by atoms with van der Waals surface area (Å²) in [6, 6.07) is 0. The summed E-state index contributed by atoms with van der Waals surface area (Å²) in [6.07, 6.45) is 6.43. The Hall–Kier alpha value is -0.570. The van der Waals surface area contributed by atoms with Crippen LogP contribution in [0.5, 0.6) is 0 Å². The van der Waals surface area contributed by atoms with Gasteiger partial charge in [0.05, 0.1) is 12.7 Å². The molecule has 134 valence electrons. The molecule has 3 heteroatoms. The maximum absolute atomic E-state index is 13.6. The third kappa shape index (κ3) is 0.822. The van der Waals surface area contributed by atoms with Gasteiger partial charge in [-0.3, -0.25) is 4.79 Å². The maximum Gasteiger partial charge on any atom is 0.315 e. The third-order valence-electron chi connectivity index (χ3n) is 12.2. The van der Waals surface area contributed by atoms with Crippen LogP contribution in [0.4, 0.5) is 0 Å². The molecule has 0 aromatic heterocycles. The standard InChI is InChI=1S/C22H28O3/c1-20-15-8-4-3-5-9(8)16-13(15)14-17-10-6-7-11(12(10)18(14)20)22(20,24)21(16,17)19(23)25-2/h8-18,24H,3-7H2,1-2H3/t8-,9+,10-,11-,12-,13-,14+,15+,16-,17+,18+,20-,21-,22+/m1/s1. The number of hydrogen-bond donors (Lipinski definition) is 1. The van der Waals surface area contributed by atoms with Crippen LogP contribution in [0, 0.1) is 75.9 Å². The van der Waals surface area contributed by atoms with Crippen LogP contribution in [-0.4, -0.2) is 23.8 Å². The predicted molar refractivity (Wildman–Crippen MR) is 89.0 cm³/mol. The van der Waals surface area contributed by atoms with Gasteiger partial charge in [-0.05, 0) is 90.8 Å². The largest absolute Gasteiger partial charge is 0.468 e. The lowest BCUT2D eigenvalue weighted by atomic mass is 9.43. The zero-order valence-corrected chi connectivity index (χ0v) is 15.2. The van der Waals surface area contributed by atoms with Gasteiger partial charge in [-0.25, -0.2) is 0 Å². The Bertz CT molecular complexity index is 762. The van der Waals surface area contributed by atoms with Crippen LogP contribution in [0.15, 0.2) is 0 Å². The Kier molecular flexibility index (Phi) is 1.81. The molecule has 0 heterocycles. The number of fused-ring (bicyclic) bond motifs is 1. The van der Waals surface area contributed by atoms with Gasteiger partial charge in [0, 0.05) is 5.41 Å². The second kappa shape index (κ2) is 3.34. The van der Waals surface area contributed by atoms with Gasteiger partial charge in [0.25, 0.3) is 0 Å². The number of carbonyl (C=O) groups excluding carboxylic acids is 1. The van der Waals surface area contributed by atoms with Crippen molar-refractivity contribution in [2.45, 2.75) is 44.6 Å². The fourth-order valence-corrected chi connectivity index (χ4v) is 13.0. The molecule has 3 nitrogen and oxygen atoms in total. The molecule has 0 aromatic carbocycles. The number of methoxy groups -OCH3 is 1. The highest BCUT2D eigenvalue weighted by Crippen LogP contribution is 2.98. The van der Waals surface area contributed by atoms with Crippen LogP contribution in [0.25, 0.3) is 0 Å². The summed E-state index contributed by atoms with van der Waals surface area (Å²) in [6.45, 7) is 2.45. The molecular formula is C22H28O3. The molecular weight excluding hydrogens is 312 g/mol. The molecule has 0 unspecified atom stereocenters. The highest BCUT2D eigenvalue weighted by Gasteiger charge is 3.01. The summed E-state index contributed by atoms with van der Waals surface area (Å²) in [5, 5.41) is 12.6. The lowest BCUT2D eigenvalue weighted by Gasteiger charge is -2.62. The molecule has 25 heavy (non-hydrogen) atoms. The van der Waals surface area contributed by atoms with Crippen molar-refractivity contribution in [3.8, 4) is 0 Å². The first-order valence-corrected chi connectivity index (χ1v) is 10.9. The molecule has 0 saturated heterocycles. The molecule has 0 amide bonds. The second-order valence-corrected chi connectivity index (χ2v) is 11.4. The smallest absolute Gasteiger partial charge is 0.315 e. The summed E-state index contributed by atoms with van der Waals surface area (Å²) in [5.41, 5.74) is -1.30. The average molecular weight is 340 g/mol. The van der Waals surface area contributed by atoms with E-state index in [1.165, 1.54) is 32.1 Å². The van der Waals surface area contributed by atoms with E-state index in [-0.39, 0.29) is 11.4 Å². The molecule has 0 aromatic rings. The minimum absolute atomic E-state index is 0.00220. The van der Waals surface area contributed by atoms with Crippen molar-refractivity contribution in [2.75, 3.05) is 7.11 Å². The number of ether oxygens (including phenoxy) is 1. The van der Waals surface area contributed by atoms with Gasteiger partial charge < -0.3 is 9.84 Å². The minimum Gasteiger partial charge on any atom is -0.468 e. The first kappa shape index (κ1) is 13.6. The molecule has 0 aliphatic heterocycles. The Labute approximate surface area is 148 Å². The summed E-state index contributed by atoms with van der Waals surface area (Å²) in [7, 11) is 1.58. The Balaban J connectivity index is 1.53. The Morgan fingerprint density at radius 1 is 0.920 bits per heavy atom. The number of carbonyl (C=O) groups is 1. The quantitative estimate of drug-likeness (QED) is 0.747. The van der Waals surface area contributed by atoms with Crippen molar-refractivity contribution >= 4 is 5.97 Å². The predicted octanol–water partition coefficient (Wildman–Crippen LogP) is 2.72. The summed E-state index contributed by atoms with van der Waals surface area (Å²) in [5.74, 6) is 7.12. The normalized spacial score (nSPS) is 76.8. The van der Waals surface area contributed by atoms with Crippen LogP contribution >= 0.6 is 0 Å². The zero-order valence-electron chi connectivity index (χ0n) is 15.2. The Morgan fingerprint density at radius 3 is 2.36 bits per heavy atom. The van der Waals surface area contributed by atoms with Gasteiger partial charge in [0.15, 0.2) is 0 Å². The molecule has 9 aliphatic carbocycles. The van der Waals surface area contributed by atoms with Crippen LogP contribution in [0.2, 0.25) is 0 Å². The second-order valence-electron chi connectivity index (χ2n) is 11.4. The highest BCUT2D eigenvalue weighted by molar-refractivity contribution is 5.83. The van der Waals surface area contributed by atoms with Crippen molar-refractivity contribution in [1.29, 1.82) is 0 Å². The van der Waals surface area contributed by atoms with Crippen LogP contribution < -0.4 is 0 Å². The van der Waals surface area contributed by atoms with E-state index < -0.39 is 11.0 Å². The first-order valence-electron chi connectivity index (χ1n) is 10.9. The fourth-order valence-electron chi connectivity index (χ4n) is 13.0.